The van der Waals surface area contributed by atoms with Crippen LogP contribution in [0.4, 0.5) is 10.1 Å². The van der Waals surface area contributed by atoms with E-state index < -0.39 is 0 Å². The molecule has 0 amide bonds. The van der Waals surface area contributed by atoms with Crippen molar-refractivity contribution < 1.29 is 18.3 Å². The molecule has 1 fully saturated rings. The van der Waals surface area contributed by atoms with Crippen LogP contribution in [0.2, 0.25) is 0 Å². The van der Waals surface area contributed by atoms with E-state index in [0.717, 1.165) is 19.4 Å². The van der Waals surface area contributed by atoms with Crippen LogP contribution in [0.1, 0.15) is 45.4 Å². The van der Waals surface area contributed by atoms with Crippen LogP contribution < -0.4 is 10.1 Å². The fourth-order valence-corrected chi connectivity index (χ4v) is 2.52. The monoisotopic (exact) mass is 349 g/mol. The van der Waals surface area contributed by atoms with Crippen molar-refractivity contribution in [2.45, 2.75) is 51.7 Å². The molecule has 0 spiro atoms. The minimum Gasteiger partial charge on any atom is -0.489 e. The van der Waals surface area contributed by atoms with Crippen molar-refractivity contribution in [3.05, 3.63) is 35.8 Å². The van der Waals surface area contributed by atoms with Crippen LogP contribution in [-0.2, 0) is 16.7 Å². The lowest BCUT2D eigenvalue weighted by Gasteiger charge is -2.15. The molecule has 1 aliphatic heterocycles. The molecule has 0 aliphatic carbocycles. The van der Waals surface area contributed by atoms with Gasteiger partial charge in [0.25, 0.3) is 0 Å². The van der Waals surface area contributed by atoms with Gasteiger partial charge in [0.05, 0.1) is 18.3 Å². The molecule has 2 heterocycles. The fourth-order valence-electron chi connectivity index (χ4n) is 2.52. The quantitative estimate of drug-likeness (QED) is 0.858. The van der Waals surface area contributed by atoms with Crippen molar-refractivity contribution in [2.75, 3.05) is 18.5 Å². The van der Waals surface area contributed by atoms with Gasteiger partial charge in [-0.05, 0) is 25.0 Å². The van der Waals surface area contributed by atoms with Gasteiger partial charge < -0.3 is 19.2 Å². The molecule has 25 heavy (non-hydrogen) atoms. The molecule has 1 aliphatic rings. The average Bonchev–Trinajstić information content (AvgIpc) is 3.23. The van der Waals surface area contributed by atoms with Crippen molar-refractivity contribution in [1.82, 2.24) is 10.2 Å². The second kappa shape index (κ2) is 7.39. The first-order valence-corrected chi connectivity index (χ1v) is 8.52. The molecule has 0 saturated carbocycles. The summed E-state index contributed by atoms with van der Waals surface area (Å²) in [7, 11) is 0. The van der Waals surface area contributed by atoms with Gasteiger partial charge in [0.1, 0.15) is 18.2 Å². The summed E-state index contributed by atoms with van der Waals surface area (Å²) in [4.78, 5) is 0. The average molecular weight is 349 g/mol. The van der Waals surface area contributed by atoms with Crippen LogP contribution in [0.5, 0.6) is 5.75 Å². The topological polar surface area (TPSA) is 69.4 Å². The summed E-state index contributed by atoms with van der Waals surface area (Å²) in [6, 6.07) is 4.38. The Labute approximate surface area is 146 Å². The maximum Gasteiger partial charge on any atom is 0.235 e. The van der Waals surface area contributed by atoms with E-state index >= 15 is 0 Å². The van der Waals surface area contributed by atoms with Crippen molar-refractivity contribution in [2.24, 2.45) is 0 Å². The lowest BCUT2D eigenvalue weighted by Crippen LogP contribution is -2.17. The molecule has 1 atom stereocenters. The lowest BCUT2D eigenvalue weighted by molar-refractivity contribution is 0.0681. The third-order valence-corrected chi connectivity index (χ3v) is 3.93. The molecule has 1 aromatic carbocycles. The van der Waals surface area contributed by atoms with Gasteiger partial charge in [-0.25, -0.2) is 4.39 Å². The van der Waals surface area contributed by atoms with Gasteiger partial charge in [0.2, 0.25) is 11.8 Å². The molecule has 7 heteroatoms. The van der Waals surface area contributed by atoms with Crippen LogP contribution in [0.25, 0.3) is 0 Å². The largest absolute Gasteiger partial charge is 0.489 e. The van der Waals surface area contributed by atoms with Crippen LogP contribution >= 0.6 is 0 Å². The van der Waals surface area contributed by atoms with Gasteiger partial charge in [-0.3, -0.25) is 0 Å². The van der Waals surface area contributed by atoms with Gasteiger partial charge >= 0.3 is 0 Å². The summed E-state index contributed by atoms with van der Waals surface area (Å²) in [5, 5.41) is 11.2. The summed E-state index contributed by atoms with van der Waals surface area (Å²) in [5.41, 5.74) is 0.341. The second-order valence-electron chi connectivity index (χ2n) is 7.19. The molecule has 0 radical (unpaired) electrons. The Balaban J connectivity index is 1.64. The van der Waals surface area contributed by atoms with Crippen molar-refractivity contribution in [3.8, 4) is 5.75 Å². The first kappa shape index (κ1) is 17.7. The first-order valence-electron chi connectivity index (χ1n) is 8.52. The van der Waals surface area contributed by atoms with E-state index in [-0.39, 0.29) is 17.3 Å². The number of nitrogens with zero attached hydrogens (tertiary/aromatic N) is 2. The Morgan fingerprint density at radius 3 is 2.84 bits per heavy atom. The number of rotatable bonds is 6. The van der Waals surface area contributed by atoms with E-state index in [4.69, 9.17) is 13.9 Å². The van der Waals surface area contributed by atoms with Crippen molar-refractivity contribution >= 4 is 5.69 Å². The number of aromatic nitrogens is 2. The highest BCUT2D eigenvalue weighted by atomic mass is 19.1. The van der Waals surface area contributed by atoms with Crippen LogP contribution in [-0.4, -0.2) is 29.5 Å². The molecular weight excluding hydrogens is 325 g/mol. The summed E-state index contributed by atoms with van der Waals surface area (Å²) >= 11 is 0. The van der Waals surface area contributed by atoms with Gasteiger partial charge in [-0.2, -0.15) is 0 Å². The van der Waals surface area contributed by atoms with E-state index in [2.05, 4.69) is 15.5 Å². The number of nitrogens with one attached hydrogen (secondary N) is 1. The third-order valence-electron chi connectivity index (χ3n) is 3.93. The Bertz CT molecular complexity index is 706. The fraction of sp³-hybridized carbons (Fsp3) is 0.556. The molecular formula is C18H24FN3O3. The Kier molecular flexibility index (Phi) is 5.22. The molecule has 0 bridgehead atoms. The maximum atomic E-state index is 13.6. The SMILES string of the molecule is CC(C)(C)c1nnc(CNc2cc(F)ccc2OCC2CCCO2)o1. The number of benzene rings is 1. The van der Waals surface area contributed by atoms with Gasteiger partial charge in [-0.15, -0.1) is 10.2 Å². The van der Waals surface area contributed by atoms with Crippen LogP contribution in [0.15, 0.2) is 22.6 Å². The number of halogens is 1. The van der Waals surface area contributed by atoms with Crippen LogP contribution in [0.3, 0.4) is 0 Å². The second-order valence-corrected chi connectivity index (χ2v) is 7.19. The Hall–Kier alpha value is -2.15. The predicted octanol–water partition coefficient (Wildman–Crippen LogP) is 3.68. The number of hydrogen-bond acceptors (Lipinski definition) is 6. The summed E-state index contributed by atoms with van der Waals surface area (Å²) in [6.45, 7) is 7.53. The van der Waals surface area contributed by atoms with E-state index in [1.807, 2.05) is 20.8 Å². The van der Waals surface area contributed by atoms with E-state index in [9.17, 15) is 4.39 Å². The molecule has 3 rings (SSSR count). The molecule has 1 aromatic heterocycles. The summed E-state index contributed by atoms with van der Waals surface area (Å²) in [5.74, 6) is 1.25. The molecule has 2 aromatic rings. The van der Waals surface area contributed by atoms with E-state index in [1.165, 1.54) is 12.1 Å². The van der Waals surface area contributed by atoms with Crippen LogP contribution in [0, 0.1) is 5.82 Å². The summed E-state index contributed by atoms with van der Waals surface area (Å²) < 4.78 is 30.6. The third kappa shape index (κ3) is 4.69. The highest BCUT2D eigenvalue weighted by Gasteiger charge is 2.21. The number of hydrogen-bond donors (Lipinski definition) is 1. The van der Waals surface area contributed by atoms with Crippen molar-refractivity contribution in [3.63, 3.8) is 0 Å². The van der Waals surface area contributed by atoms with Gasteiger partial charge in [0.15, 0.2) is 0 Å². The minimum atomic E-state index is -0.340. The predicted molar refractivity (Wildman–Crippen MR) is 91.2 cm³/mol. The van der Waals surface area contributed by atoms with Gasteiger partial charge in [0, 0.05) is 18.1 Å². The number of ether oxygens (including phenoxy) is 2. The highest BCUT2D eigenvalue weighted by Crippen LogP contribution is 2.27. The lowest BCUT2D eigenvalue weighted by atomic mass is 9.97. The Morgan fingerprint density at radius 2 is 2.16 bits per heavy atom. The zero-order valence-electron chi connectivity index (χ0n) is 14.8. The number of anilines is 1. The zero-order chi connectivity index (χ0) is 17.9. The summed E-state index contributed by atoms with van der Waals surface area (Å²) in [6.07, 6.45) is 2.14. The normalized spacial score (nSPS) is 17.7. The molecule has 1 N–H and O–H groups in total. The zero-order valence-corrected chi connectivity index (χ0v) is 14.8. The standard InChI is InChI=1S/C18H24FN3O3/c1-18(2,3)17-22-21-16(25-17)10-20-14-9-12(19)6-7-15(14)24-11-13-5-4-8-23-13/h6-7,9,13,20H,4-5,8,10-11H2,1-3H3. The van der Waals surface area contributed by atoms with Crippen molar-refractivity contribution in [1.29, 1.82) is 0 Å². The smallest absolute Gasteiger partial charge is 0.235 e. The molecule has 1 saturated heterocycles. The molecule has 136 valence electrons. The van der Waals surface area contributed by atoms with E-state index in [1.54, 1.807) is 6.07 Å². The van der Waals surface area contributed by atoms with Gasteiger partial charge in [-0.1, -0.05) is 20.8 Å². The highest BCUT2D eigenvalue weighted by molar-refractivity contribution is 5.56. The molecule has 1 unspecified atom stereocenters. The first-order chi connectivity index (χ1) is 11.9. The molecule has 6 nitrogen and oxygen atoms in total. The van der Waals surface area contributed by atoms with E-state index in [0.29, 0.717) is 36.4 Å². The Morgan fingerprint density at radius 1 is 1.32 bits per heavy atom. The minimum absolute atomic E-state index is 0.100. The maximum absolute atomic E-state index is 13.6.